The Hall–Kier alpha value is -0.860. The van der Waals surface area contributed by atoms with E-state index in [4.69, 9.17) is 4.74 Å². The summed E-state index contributed by atoms with van der Waals surface area (Å²) in [6, 6.07) is 8.42. The lowest BCUT2D eigenvalue weighted by atomic mass is 9.68. The van der Waals surface area contributed by atoms with Crippen LogP contribution in [0.3, 0.4) is 0 Å². The van der Waals surface area contributed by atoms with Gasteiger partial charge in [0, 0.05) is 13.0 Å². The molecule has 0 spiro atoms. The van der Waals surface area contributed by atoms with Gasteiger partial charge in [0.2, 0.25) is 0 Å². The Balaban J connectivity index is 2.11. The van der Waals surface area contributed by atoms with E-state index in [2.05, 4.69) is 45.0 Å². The van der Waals surface area contributed by atoms with E-state index >= 15 is 0 Å². The summed E-state index contributed by atoms with van der Waals surface area (Å²) in [6.45, 7) is 9.43. The molecule has 2 nitrogen and oxygen atoms in total. The highest BCUT2D eigenvalue weighted by molar-refractivity contribution is 5.23. The molecule has 1 aromatic carbocycles. The van der Waals surface area contributed by atoms with Crippen LogP contribution in [0.2, 0.25) is 0 Å². The summed E-state index contributed by atoms with van der Waals surface area (Å²) in [4.78, 5) is 0. The molecular weight excluding hydrogens is 260 g/mol. The number of hydrogen-bond acceptors (Lipinski definition) is 2. The zero-order chi connectivity index (χ0) is 15.5. The second kappa shape index (κ2) is 6.50. The van der Waals surface area contributed by atoms with Crippen LogP contribution in [0.25, 0.3) is 0 Å². The van der Waals surface area contributed by atoms with Crippen LogP contribution in [-0.4, -0.2) is 23.4 Å². The van der Waals surface area contributed by atoms with Crippen LogP contribution in [0, 0.1) is 12.3 Å². The lowest BCUT2D eigenvalue weighted by Crippen LogP contribution is -2.50. The maximum atomic E-state index is 10.8. The van der Waals surface area contributed by atoms with Crippen molar-refractivity contribution < 1.29 is 9.84 Å². The Morgan fingerprint density at radius 1 is 1.19 bits per heavy atom. The van der Waals surface area contributed by atoms with E-state index in [1.54, 1.807) is 0 Å². The fourth-order valence-corrected chi connectivity index (χ4v) is 3.46. The molecule has 1 aromatic rings. The summed E-state index contributed by atoms with van der Waals surface area (Å²) in [5.74, 6) is 0. The second-order valence-electron chi connectivity index (χ2n) is 7.37. The zero-order valence-electron chi connectivity index (χ0n) is 14.0. The summed E-state index contributed by atoms with van der Waals surface area (Å²) in [5, 5.41) is 10.8. The molecule has 0 aromatic heterocycles. The maximum absolute atomic E-state index is 10.8. The third kappa shape index (κ3) is 4.08. The van der Waals surface area contributed by atoms with Crippen molar-refractivity contribution in [3.63, 3.8) is 0 Å². The van der Waals surface area contributed by atoms with E-state index in [1.807, 2.05) is 6.92 Å². The van der Waals surface area contributed by atoms with E-state index in [-0.39, 0.29) is 5.60 Å². The number of aryl methyl sites for hydroxylation is 1. The highest BCUT2D eigenvalue weighted by Gasteiger charge is 2.44. The van der Waals surface area contributed by atoms with Gasteiger partial charge in [0.15, 0.2) is 0 Å². The first-order chi connectivity index (χ1) is 9.87. The van der Waals surface area contributed by atoms with E-state index in [1.165, 1.54) is 11.1 Å². The van der Waals surface area contributed by atoms with Gasteiger partial charge in [-0.3, -0.25) is 0 Å². The van der Waals surface area contributed by atoms with E-state index in [9.17, 15) is 5.11 Å². The lowest BCUT2D eigenvalue weighted by molar-refractivity contribution is -0.150. The van der Waals surface area contributed by atoms with E-state index in [0.717, 1.165) is 25.7 Å². The van der Waals surface area contributed by atoms with Crippen LogP contribution in [0.15, 0.2) is 24.3 Å². The number of hydrogen-bond donors (Lipinski definition) is 1. The highest BCUT2D eigenvalue weighted by atomic mass is 16.5. The van der Waals surface area contributed by atoms with Crippen molar-refractivity contribution in [1.82, 2.24) is 0 Å². The Bertz CT molecular complexity index is 454. The van der Waals surface area contributed by atoms with Gasteiger partial charge in [0.25, 0.3) is 0 Å². The Kier molecular flexibility index (Phi) is 5.11. The molecule has 1 atom stereocenters. The molecule has 118 valence electrons. The fraction of sp³-hybridized carbons (Fsp3) is 0.684. The second-order valence-corrected chi connectivity index (χ2v) is 7.37. The average molecular weight is 290 g/mol. The average Bonchev–Trinajstić information content (AvgIpc) is 2.41. The standard InChI is InChI=1S/C19H30O2/c1-5-21-19(11-9-18(3,4)10-12-19)17(20)14-16-8-6-7-15(2)13-16/h6-8,13,17,20H,5,9-12,14H2,1-4H3. The molecule has 0 heterocycles. The molecule has 1 N–H and O–H groups in total. The van der Waals surface area contributed by atoms with Gasteiger partial charge in [-0.2, -0.15) is 0 Å². The molecule has 0 bridgehead atoms. The van der Waals surface area contributed by atoms with Crippen molar-refractivity contribution in [3.8, 4) is 0 Å². The molecule has 0 amide bonds. The van der Waals surface area contributed by atoms with Crippen LogP contribution < -0.4 is 0 Å². The summed E-state index contributed by atoms with van der Waals surface area (Å²) in [6.07, 6.45) is 4.43. The van der Waals surface area contributed by atoms with Crippen molar-refractivity contribution in [3.05, 3.63) is 35.4 Å². The number of rotatable bonds is 5. The highest BCUT2D eigenvalue weighted by Crippen LogP contribution is 2.44. The third-order valence-corrected chi connectivity index (χ3v) is 5.00. The molecule has 1 fully saturated rings. The summed E-state index contributed by atoms with van der Waals surface area (Å²) in [5.41, 5.74) is 2.47. The fourth-order valence-electron chi connectivity index (χ4n) is 3.46. The monoisotopic (exact) mass is 290 g/mol. The minimum absolute atomic E-state index is 0.353. The maximum Gasteiger partial charge on any atom is 0.0943 e. The van der Waals surface area contributed by atoms with Gasteiger partial charge >= 0.3 is 0 Å². The lowest BCUT2D eigenvalue weighted by Gasteiger charge is -2.46. The molecule has 1 aliphatic carbocycles. The SMILES string of the molecule is CCOC1(C(O)Cc2cccc(C)c2)CCC(C)(C)CC1. The van der Waals surface area contributed by atoms with Gasteiger partial charge in [0.05, 0.1) is 11.7 Å². The van der Waals surface area contributed by atoms with E-state index < -0.39 is 6.10 Å². The zero-order valence-corrected chi connectivity index (χ0v) is 14.0. The van der Waals surface area contributed by atoms with Crippen molar-refractivity contribution in [1.29, 1.82) is 0 Å². The minimum Gasteiger partial charge on any atom is -0.390 e. The molecule has 2 heteroatoms. The van der Waals surface area contributed by atoms with Crippen molar-refractivity contribution in [2.45, 2.75) is 71.5 Å². The third-order valence-electron chi connectivity index (χ3n) is 5.00. The summed E-state index contributed by atoms with van der Waals surface area (Å²) >= 11 is 0. The predicted octanol–water partition coefficient (Wildman–Crippen LogP) is 4.27. The molecule has 0 radical (unpaired) electrons. The molecule has 2 rings (SSSR count). The van der Waals surface area contributed by atoms with Crippen LogP contribution in [0.4, 0.5) is 0 Å². The largest absolute Gasteiger partial charge is 0.390 e. The van der Waals surface area contributed by atoms with Crippen LogP contribution in [0.5, 0.6) is 0 Å². The van der Waals surface area contributed by atoms with Gasteiger partial charge in [-0.05, 0) is 50.5 Å². The van der Waals surface area contributed by atoms with Crippen molar-refractivity contribution in [2.75, 3.05) is 6.61 Å². The molecule has 1 aliphatic rings. The van der Waals surface area contributed by atoms with Gasteiger partial charge in [-0.15, -0.1) is 0 Å². The first kappa shape index (κ1) is 16.5. The number of aliphatic hydroxyl groups excluding tert-OH is 1. The Morgan fingerprint density at radius 2 is 1.86 bits per heavy atom. The number of ether oxygens (including phenoxy) is 1. The van der Waals surface area contributed by atoms with Crippen LogP contribution in [0.1, 0.15) is 57.6 Å². The quantitative estimate of drug-likeness (QED) is 0.877. The number of benzene rings is 1. The first-order valence-electron chi connectivity index (χ1n) is 8.24. The Morgan fingerprint density at radius 3 is 2.43 bits per heavy atom. The van der Waals surface area contributed by atoms with E-state index in [0.29, 0.717) is 18.4 Å². The molecular formula is C19H30O2. The van der Waals surface area contributed by atoms with Crippen LogP contribution >= 0.6 is 0 Å². The summed E-state index contributed by atoms with van der Waals surface area (Å²) in [7, 11) is 0. The van der Waals surface area contributed by atoms with Crippen molar-refractivity contribution >= 4 is 0 Å². The first-order valence-corrected chi connectivity index (χ1v) is 8.24. The van der Waals surface area contributed by atoms with Gasteiger partial charge < -0.3 is 9.84 Å². The molecule has 0 aliphatic heterocycles. The van der Waals surface area contributed by atoms with Gasteiger partial charge in [-0.1, -0.05) is 43.7 Å². The molecule has 21 heavy (non-hydrogen) atoms. The summed E-state index contributed by atoms with van der Waals surface area (Å²) < 4.78 is 6.08. The Labute approximate surface area is 129 Å². The van der Waals surface area contributed by atoms with Gasteiger partial charge in [0.1, 0.15) is 0 Å². The smallest absolute Gasteiger partial charge is 0.0943 e. The molecule has 1 saturated carbocycles. The number of aliphatic hydroxyl groups is 1. The topological polar surface area (TPSA) is 29.5 Å². The van der Waals surface area contributed by atoms with Crippen LogP contribution in [-0.2, 0) is 11.2 Å². The molecule has 1 unspecified atom stereocenters. The minimum atomic E-state index is -0.421. The van der Waals surface area contributed by atoms with Crippen molar-refractivity contribution in [2.24, 2.45) is 5.41 Å². The molecule has 0 saturated heterocycles. The normalized spacial score (nSPS) is 22.0. The predicted molar refractivity (Wildman–Crippen MR) is 87.5 cm³/mol. The van der Waals surface area contributed by atoms with Gasteiger partial charge in [-0.25, -0.2) is 0 Å².